The van der Waals surface area contributed by atoms with E-state index in [0.29, 0.717) is 17.1 Å². The minimum atomic E-state index is -0.137. The number of amides is 1. The molecule has 1 rings (SSSR count). The molecular formula is C11H13Cl2NO. The maximum absolute atomic E-state index is 11.7. The summed E-state index contributed by atoms with van der Waals surface area (Å²) in [7, 11) is 0. The van der Waals surface area contributed by atoms with Gasteiger partial charge in [0.1, 0.15) is 0 Å². The molecule has 0 fully saturated rings. The molecule has 0 aliphatic carbocycles. The van der Waals surface area contributed by atoms with Crippen LogP contribution in [0.25, 0.3) is 0 Å². The summed E-state index contributed by atoms with van der Waals surface area (Å²) >= 11 is 11.7. The van der Waals surface area contributed by atoms with Crippen molar-refractivity contribution < 1.29 is 4.79 Å². The zero-order chi connectivity index (χ0) is 11.4. The number of halogens is 2. The highest BCUT2D eigenvalue weighted by molar-refractivity contribution is 6.31. The van der Waals surface area contributed by atoms with Gasteiger partial charge in [0, 0.05) is 22.5 Å². The lowest BCUT2D eigenvalue weighted by atomic mass is 10.1. The van der Waals surface area contributed by atoms with E-state index in [1.54, 1.807) is 18.2 Å². The van der Waals surface area contributed by atoms with E-state index in [4.69, 9.17) is 23.2 Å². The highest BCUT2D eigenvalue weighted by Crippen LogP contribution is 2.18. The summed E-state index contributed by atoms with van der Waals surface area (Å²) in [6.45, 7) is 4.10. The van der Waals surface area contributed by atoms with Gasteiger partial charge < -0.3 is 5.32 Å². The first-order valence-electron chi connectivity index (χ1n) is 4.69. The molecule has 4 heteroatoms. The van der Waals surface area contributed by atoms with Crippen molar-refractivity contribution in [2.24, 2.45) is 0 Å². The van der Waals surface area contributed by atoms with Crippen LogP contribution in [-0.2, 0) is 0 Å². The summed E-state index contributed by atoms with van der Waals surface area (Å²) < 4.78 is 0. The van der Waals surface area contributed by atoms with Gasteiger partial charge in [-0.2, -0.15) is 0 Å². The van der Waals surface area contributed by atoms with Crippen LogP contribution in [0.3, 0.4) is 0 Å². The number of hydrogen-bond donors (Lipinski definition) is 1. The van der Waals surface area contributed by atoms with E-state index in [1.807, 2.05) is 13.8 Å². The van der Waals surface area contributed by atoms with E-state index >= 15 is 0 Å². The van der Waals surface area contributed by atoms with E-state index in [0.717, 1.165) is 5.56 Å². The van der Waals surface area contributed by atoms with Gasteiger partial charge in [-0.25, -0.2) is 0 Å². The topological polar surface area (TPSA) is 29.1 Å². The number of hydrogen-bond acceptors (Lipinski definition) is 1. The monoisotopic (exact) mass is 245 g/mol. The van der Waals surface area contributed by atoms with Crippen LogP contribution in [-0.4, -0.2) is 17.8 Å². The lowest BCUT2D eigenvalue weighted by Gasteiger charge is -2.09. The molecule has 82 valence electrons. The molecule has 15 heavy (non-hydrogen) atoms. The van der Waals surface area contributed by atoms with Crippen molar-refractivity contribution in [3.63, 3.8) is 0 Å². The largest absolute Gasteiger partial charge is 0.351 e. The van der Waals surface area contributed by atoms with Crippen molar-refractivity contribution in [3.05, 3.63) is 34.3 Å². The molecule has 0 heterocycles. The lowest BCUT2D eigenvalue weighted by Crippen LogP contribution is -2.29. The average Bonchev–Trinajstić information content (AvgIpc) is 2.18. The molecule has 0 aliphatic heterocycles. The Bertz CT molecular complexity index is 364. The molecule has 1 N–H and O–H groups in total. The number of rotatable bonds is 3. The van der Waals surface area contributed by atoms with Crippen molar-refractivity contribution in [1.29, 1.82) is 0 Å². The molecule has 0 radical (unpaired) electrons. The third kappa shape index (κ3) is 3.40. The number of nitrogens with one attached hydrogen (secondary N) is 1. The van der Waals surface area contributed by atoms with Gasteiger partial charge in [-0.15, -0.1) is 11.6 Å². The molecule has 0 spiro atoms. The predicted molar refractivity (Wildman–Crippen MR) is 63.8 cm³/mol. The van der Waals surface area contributed by atoms with Gasteiger partial charge in [-0.3, -0.25) is 4.79 Å². The van der Waals surface area contributed by atoms with E-state index in [-0.39, 0.29) is 11.3 Å². The Morgan fingerprint density at radius 2 is 2.20 bits per heavy atom. The summed E-state index contributed by atoms with van der Waals surface area (Å²) in [5.41, 5.74) is 1.39. The minimum absolute atomic E-state index is 0.0755. The summed E-state index contributed by atoms with van der Waals surface area (Å²) in [5, 5.41) is 3.26. The van der Waals surface area contributed by atoms with E-state index in [9.17, 15) is 4.79 Å². The highest BCUT2D eigenvalue weighted by atomic mass is 35.5. The van der Waals surface area contributed by atoms with E-state index in [2.05, 4.69) is 5.32 Å². The highest BCUT2D eigenvalue weighted by Gasteiger charge is 2.10. The Kier molecular flexibility index (Phi) is 4.43. The summed E-state index contributed by atoms with van der Waals surface area (Å²) in [6.07, 6.45) is 0. The van der Waals surface area contributed by atoms with Gasteiger partial charge >= 0.3 is 0 Å². The molecule has 0 bridgehead atoms. The van der Waals surface area contributed by atoms with Crippen LogP contribution in [0.4, 0.5) is 0 Å². The smallest absolute Gasteiger partial charge is 0.251 e. The van der Waals surface area contributed by atoms with Crippen LogP contribution in [0.2, 0.25) is 5.02 Å². The van der Waals surface area contributed by atoms with Crippen molar-refractivity contribution in [2.45, 2.75) is 19.2 Å². The first-order chi connectivity index (χ1) is 7.02. The molecule has 0 saturated carbocycles. The number of carbonyl (C=O) groups excluding carboxylic acids is 1. The lowest BCUT2D eigenvalue weighted by molar-refractivity contribution is 0.0953. The Labute approximate surface area is 99.6 Å². The van der Waals surface area contributed by atoms with Gasteiger partial charge in [0.05, 0.1) is 0 Å². The Morgan fingerprint density at radius 3 is 2.80 bits per heavy atom. The van der Waals surface area contributed by atoms with E-state index in [1.165, 1.54) is 0 Å². The first-order valence-corrected chi connectivity index (χ1v) is 5.51. The van der Waals surface area contributed by atoms with Crippen molar-refractivity contribution in [1.82, 2.24) is 5.32 Å². The predicted octanol–water partition coefficient (Wildman–Crippen LogP) is 3.01. The zero-order valence-electron chi connectivity index (χ0n) is 8.68. The fraction of sp³-hybridized carbons (Fsp3) is 0.364. The molecule has 1 amide bonds. The molecule has 1 aromatic carbocycles. The van der Waals surface area contributed by atoms with Gasteiger partial charge in [0.25, 0.3) is 5.91 Å². The first kappa shape index (κ1) is 12.3. The Hall–Kier alpha value is -0.730. The quantitative estimate of drug-likeness (QED) is 0.816. The Balaban J connectivity index is 2.78. The maximum Gasteiger partial charge on any atom is 0.251 e. The van der Waals surface area contributed by atoms with E-state index < -0.39 is 0 Å². The molecular weight excluding hydrogens is 233 g/mol. The van der Waals surface area contributed by atoms with Gasteiger partial charge in [0.15, 0.2) is 0 Å². The van der Waals surface area contributed by atoms with Gasteiger partial charge in [0.2, 0.25) is 0 Å². The van der Waals surface area contributed by atoms with Crippen LogP contribution in [0, 0.1) is 6.92 Å². The van der Waals surface area contributed by atoms with Crippen LogP contribution in [0.15, 0.2) is 18.2 Å². The number of alkyl halides is 1. The molecule has 1 unspecified atom stereocenters. The number of benzene rings is 1. The van der Waals surface area contributed by atoms with Crippen molar-refractivity contribution >= 4 is 29.1 Å². The summed E-state index contributed by atoms with van der Waals surface area (Å²) in [6, 6.07) is 5.27. The third-order valence-electron chi connectivity index (χ3n) is 2.06. The summed E-state index contributed by atoms with van der Waals surface area (Å²) in [4.78, 5) is 11.7. The van der Waals surface area contributed by atoms with Crippen molar-refractivity contribution in [2.75, 3.05) is 6.54 Å². The normalized spacial score (nSPS) is 12.3. The van der Waals surface area contributed by atoms with Crippen LogP contribution in [0.1, 0.15) is 22.8 Å². The van der Waals surface area contributed by atoms with Gasteiger partial charge in [-0.1, -0.05) is 17.7 Å². The van der Waals surface area contributed by atoms with Crippen LogP contribution >= 0.6 is 23.2 Å². The molecule has 2 nitrogen and oxygen atoms in total. The zero-order valence-corrected chi connectivity index (χ0v) is 10.2. The maximum atomic E-state index is 11.7. The van der Waals surface area contributed by atoms with Crippen LogP contribution < -0.4 is 5.32 Å². The fourth-order valence-electron chi connectivity index (χ4n) is 1.18. The SMILES string of the molecule is Cc1c(Cl)cccc1C(=O)NCC(C)Cl. The fourth-order valence-corrected chi connectivity index (χ4v) is 1.43. The standard InChI is InChI=1S/C11H13Cl2NO/c1-7(12)6-14-11(15)9-4-3-5-10(13)8(9)2/h3-5,7H,6H2,1-2H3,(H,14,15). The molecule has 0 aliphatic rings. The average molecular weight is 246 g/mol. The van der Waals surface area contributed by atoms with Gasteiger partial charge in [-0.05, 0) is 31.5 Å². The second-order valence-electron chi connectivity index (χ2n) is 3.40. The second kappa shape index (κ2) is 5.38. The molecule has 0 aromatic heterocycles. The Morgan fingerprint density at radius 1 is 1.53 bits per heavy atom. The van der Waals surface area contributed by atoms with Crippen LogP contribution in [0.5, 0.6) is 0 Å². The molecule has 1 atom stereocenters. The molecule has 0 saturated heterocycles. The second-order valence-corrected chi connectivity index (χ2v) is 4.56. The van der Waals surface area contributed by atoms with Crippen molar-refractivity contribution in [3.8, 4) is 0 Å². The summed E-state index contributed by atoms with van der Waals surface area (Å²) in [5.74, 6) is -0.137. The third-order valence-corrected chi connectivity index (χ3v) is 2.62. The minimum Gasteiger partial charge on any atom is -0.351 e. The molecule has 1 aromatic rings. The number of carbonyl (C=O) groups is 1.